The highest BCUT2D eigenvalue weighted by Gasteiger charge is 2.26. The standard InChI is InChI=1S/C23H20Cl2N6O6S/c1-26-23(32)31(21-5-4-14(12-27-21)38(33,34)30-20-6-7-37-29-20)18-10-17(25)15(9-19(18)35-2)16-8-13(24)11-28-22(16)36-3/h4-12H,1-3H3,(H,26,32)(H,29,30). The monoisotopic (exact) mass is 578 g/mol. The fourth-order valence-electron chi connectivity index (χ4n) is 3.44. The summed E-state index contributed by atoms with van der Waals surface area (Å²) in [5.74, 6) is 0.633. The van der Waals surface area contributed by atoms with E-state index in [-0.39, 0.29) is 38.9 Å². The molecule has 0 spiro atoms. The van der Waals surface area contributed by atoms with E-state index >= 15 is 0 Å². The van der Waals surface area contributed by atoms with E-state index in [1.54, 1.807) is 12.1 Å². The molecule has 3 aromatic heterocycles. The predicted molar refractivity (Wildman–Crippen MR) is 141 cm³/mol. The Bertz CT molecular complexity index is 1570. The number of rotatable bonds is 8. The third kappa shape index (κ3) is 5.44. The van der Waals surface area contributed by atoms with Crippen molar-refractivity contribution in [2.24, 2.45) is 0 Å². The van der Waals surface area contributed by atoms with Crippen molar-refractivity contribution < 1.29 is 27.2 Å². The van der Waals surface area contributed by atoms with Crippen molar-refractivity contribution in [2.75, 3.05) is 30.9 Å². The van der Waals surface area contributed by atoms with Crippen LogP contribution in [0.3, 0.4) is 0 Å². The Kier molecular flexibility index (Phi) is 7.90. The van der Waals surface area contributed by atoms with Crippen LogP contribution in [0.15, 0.2) is 64.5 Å². The molecule has 0 unspecified atom stereocenters. The van der Waals surface area contributed by atoms with Gasteiger partial charge in [-0.15, -0.1) is 0 Å². The lowest BCUT2D eigenvalue weighted by Crippen LogP contribution is -2.35. The number of anilines is 3. The van der Waals surface area contributed by atoms with Crippen LogP contribution in [-0.4, -0.2) is 50.8 Å². The lowest BCUT2D eigenvalue weighted by molar-refractivity contribution is 0.250. The molecule has 15 heteroatoms. The molecule has 0 aliphatic rings. The van der Waals surface area contributed by atoms with E-state index in [0.29, 0.717) is 16.1 Å². The fraction of sp³-hybridized carbons (Fsp3) is 0.130. The van der Waals surface area contributed by atoms with Crippen LogP contribution in [0.2, 0.25) is 10.0 Å². The molecule has 0 bridgehead atoms. The smallest absolute Gasteiger partial charge is 0.327 e. The Labute approximate surface area is 227 Å². The molecule has 0 atom stereocenters. The quantitative estimate of drug-likeness (QED) is 0.302. The third-order valence-corrected chi connectivity index (χ3v) is 7.02. The molecule has 0 fully saturated rings. The summed E-state index contributed by atoms with van der Waals surface area (Å²) in [6.07, 6.45) is 3.76. The van der Waals surface area contributed by atoms with Gasteiger partial charge in [-0.3, -0.25) is 4.72 Å². The van der Waals surface area contributed by atoms with Gasteiger partial charge in [0.25, 0.3) is 10.0 Å². The molecule has 38 heavy (non-hydrogen) atoms. The van der Waals surface area contributed by atoms with Gasteiger partial charge in [-0.05, 0) is 30.3 Å². The first-order valence-electron chi connectivity index (χ1n) is 10.7. The minimum atomic E-state index is -4.01. The first kappa shape index (κ1) is 27.0. The first-order chi connectivity index (χ1) is 18.2. The number of sulfonamides is 1. The summed E-state index contributed by atoms with van der Waals surface area (Å²) < 4.78 is 43.1. The molecule has 198 valence electrons. The summed E-state index contributed by atoms with van der Waals surface area (Å²) in [6, 6.07) is 8.15. The third-order valence-electron chi connectivity index (χ3n) is 5.16. The van der Waals surface area contributed by atoms with E-state index in [2.05, 4.69) is 29.7 Å². The lowest BCUT2D eigenvalue weighted by atomic mass is 10.1. The highest BCUT2D eigenvalue weighted by atomic mass is 35.5. The first-order valence-corrected chi connectivity index (χ1v) is 12.9. The number of carbonyl (C=O) groups excluding carboxylic acids is 1. The minimum Gasteiger partial charge on any atom is -0.495 e. The van der Waals surface area contributed by atoms with Crippen molar-refractivity contribution in [1.29, 1.82) is 0 Å². The van der Waals surface area contributed by atoms with Crippen molar-refractivity contribution in [1.82, 2.24) is 20.4 Å². The number of urea groups is 1. The van der Waals surface area contributed by atoms with Crippen LogP contribution in [0.4, 0.5) is 22.1 Å². The lowest BCUT2D eigenvalue weighted by Gasteiger charge is -2.24. The molecule has 0 radical (unpaired) electrons. The number of benzene rings is 1. The minimum absolute atomic E-state index is 0.00654. The van der Waals surface area contributed by atoms with Gasteiger partial charge in [-0.25, -0.2) is 28.1 Å². The molecule has 0 aliphatic heterocycles. The normalized spacial score (nSPS) is 11.1. The van der Waals surface area contributed by atoms with Gasteiger partial charge >= 0.3 is 6.03 Å². The van der Waals surface area contributed by atoms with Crippen LogP contribution in [0.5, 0.6) is 11.6 Å². The van der Waals surface area contributed by atoms with Gasteiger partial charge in [-0.1, -0.05) is 28.4 Å². The SMILES string of the molecule is CNC(=O)N(c1ccc(S(=O)(=O)Nc2ccon2)cn1)c1cc(Cl)c(-c2cc(Cl)cnc2OC)cc1OC. The van der Waals surface area contributed by atoms with Crippen LogP contribution in [0.1, 0.15) is 0 Å². The van der Waals surface area contributed by atoms with Crippen molar-refractivity contribution >= 4 is 56.6 Å². The van der Waals surface area contributed by atoms with Gasteiger partial charge in [0.15, 0.2) is 5.82 Å². The Morgan fingerprint density at radius 2 is 1.82 bits per heavy atom. The maximum absolute atomic E-state index is 13.0. The van der Waals surface area contributed by atoms with Crippen LogP contribution in [0.25, 0.3) is 11.1 Å². The van der Waals surface area contributed by atoms with E-state index in [0.717, 1.165) is 6.20 Å². The molecule has 12 nitrogen and oxygen atoms in total. The average Bonchev–Trinajstić information content (AvgIpc) is 3.41. The van der Waals surface area contributed by atoms with Crippen LogP contribution in [-0.2, 0) is 10.0 Å². The molecule has 0 saturated heterocycles. The second-order valence-corrected chi connectivity index (χ2v) is 9.97. The van der Waals surface area contributed by atoms with Gasteiger partial charge in [0.2, 0.25) is 5.88 Å². The predicted octanol–water partition coefficient (Wildman–Crippen LogP) is 4.73. The number of carbonyl (C=O) groups is 1. The molecule has 0 saturated carbocycles. The number of ether oxygens (including phenoxy) is 2. The highest BCUT2D eigenvalue weighted by Crippen LogP contribution is 2.43. The van der Waals surface area contributed by atoms with Gasteiger partial charge in [0.05, 0.1) is 30.0 Å². The summed E-state index contributed by atoms with van der Waals surface area (Å²) in [4.78, 5) is 22.4. The number of nitrogens with one attached hydrogen (secondary N) is 2. The van der Waals surface area contributed by atoms with Gasteiger partial charge in [-0.2, -0.15) is 0 Å². The largest absolute Gasteiger partial charge is 0.495 e. The van der Waals surface area contributed by atoms with Crippen LogP contribution in [0, 0.1) is 0 Å². The zero-order chi connectivity index (χ0) is 27.4. The summed E-state index contributed by atoms with van der Waals surface area (Å²) in [5, 5.41) is 6.65. The number of methoxy groups -OCH3 is 2. The van der Waals surface area contributed by atoms with Crippen molar-refractivity contribution in [3.8, 4) is 22.8 Å². The van der Waals surface area contributed by atoms with E-state index in [4.69, 9.17) is 32.7 Å². The van der Waals surface area contributed by atoms with E-state index in [1.807, 2.05) is 0 Å². The molecular weight excluding hydrogens is 559 g/mol. The second kappa shape index (κ2) is 11.1. The fourth-order valence-corrected chi connectivity index (χ4v) is 4.80. The molecule has 4 aromatic rings. The van der Waals surface area contributed by atoms with Gasteiger partial charge in [0.1, 0.15) is 22.7 Å². The van der Waals surface area contributed by atoms with E-state index in [1.165, 1.54) is 62.9 Å². The number of hydrogen-bond acceptors (Lipinski definition) is 9. The van der Waals surface area contributed by atoms with E-state index in [9.17, 15) is 13.2 Å². The maximum Gasteiger partial charge on any atom is 0.327 e. The molecule has 3 heterocycles. The Balaban J connectivity index is 1.77. The van der Waals surface area contributed by atoms with E-state index < -0.39 is 16.1 Å². The molecule has 4 rings (SSSR count). The number of nitrogens with zero attached hydrogens (tertiary/aromatic N) is 4. The highest BCUT2D eigenvalue weighted by molar-refractivity contribution is 7.92. The van der Waals surface area contributed by atoms with Gasteiger partial charge < -0.3 is 19.3 Å². The Hall–Kier alpha value is -4.07. The maximum atomic E-state index is 13.0. The molecular formula is C23H20Cl2N6O6S. The second-order valence-electron chi connectivity index (χ2n) is 7.45. The number of pyridine rings is 2. The summed E-state index contributed by atoms with van der Waals surface area (Å²) in [7, 11) is 0.304. The van der Waals surface area contributed by atoms with Crippen molar-refractivity contribution in [3.05, 3.63) is 65.1 Å². The van der Waals surface area contributed by atoms with Gasteiger partial charge in [0, 0.05) is 36.6 Å². The Morgan fingerprint density at radius 1 is 1.03 bits per heavy atom. The molecule has 2 N–H and O–H groups in total. The van der Waals surface area contributed by atoms with Crippen LogP contribution >= 0.6 is 23.2 Å². The number of halogens is 2. The van der Waals surface area contributed by atoms with Crippen molar-refractivity contribution in [3.63, 3.8) is 0 Å². The van der Waals surface area contributed by atoms with Crippen molar-refractivity contribution in [2.45, 2.75) is 4.90 Å². The topological polar surface area (TPSA) is 149 Å². The number of hydrogen-bond donors (Lipinski definition) is 2. The summed E-state index contributed by atoms with van der Waals surface area (Å²) in [6.45, 7) is 0. The molecule has 2 amide bonds. The number of aromatic nitrogens is 3. The Morgan fingerprint density at radius 3 is 2.42 bits per heavy atom. The number of amides is 2. The molecule has 0 aliphatic carbocycles. The summed E-state index contributed by atoms with van der Waals surface area (Å²) >= 11 is 12.8. The molecule has 1 aromatic carbocycles. The zero-order valence-corrected chi connectivity index (χ0v) is 22.4. The summed E-state index contributed by atoms with van der Waals surface area (Å²) in [5.41, 5.74) is 1.23. The van der Waals surface area contributed by atoms with Crippen LogP contribution < -0.4 is 24.4 Å². The zero-order valence-electron chi connectivity index (χ0n) is 20.1. The average molecular weight is 579 g/mol.